The zero-order valence-corrected chi connectivity index (χ0v) is 13.5. The Morgan fingerprint density at radius 1 is 1.09 bits per heavy atom. The fourth-order valence-corrected chi connectivity index (χ4v) is 2.82. The normalized spacial score (nSPS) is 15.2. The lowest BCUT2D eigenvalue weighted by atomic mass is 9.79. The van der Waals surface area contributed by atoms with Crippen LogP contribution in [0.15, 0.2) is 48.5 Å². The molecule has 2 aromatic rings. The highest BCUT2D eigenvalue weighted by Gasteiger charge is 2.24. The van der Waals surface area contributed by atoms with Gasteiger partial charge in [-0.2, -0.15) is 0 Å². The van der Waals surface area contributed by atoms with Crippen LogP contribution in [0.3, 0.4) is 0 Å². The van der Waals surface area contributed by atoms with E-state index < -0.39 is 0 Å². The third-order valence-electron chi connectivity index (χ3n) is 4.41. The van der Waals surface area contributed by atoms with Gasteiger partial charge in [0, 0.05) is 18.0 Å². The van der Waals surface area contributed by atoms with Gasteiger partial charge in [-0.25, -0.2) is 0 Å². The summed E-state index contributed by atoms with van der Waals surface area (Å²) in [6.45, 7) is 3.77. The molecule has 0 bridgehead atoms. The molecule has 2 aromatic carbocycles. The minimum absolute atomic E-state index is 0.0144. The molecule has 0 spiro atoms. The lowest BCUT2D eigenvalue weighted by Gasteiger charge is -2.28. The molecular weight excluding hydrogens is 290 g/mol. The number of fused-ring (bicyclic) bond motifs is 1. The molecule has 2 N–H and O–H groups in total. The van der Waals surface area contributed by atoms with Gasteiger partial charge in [0.15, 0.2) is 11.5 Å². The van der Waals surface area contributed by atoms with Gasteiger partial charge in [0.2, 0.25) is 6.79 Å². The predicted octanol–water partition coefficient (Wildman–Crippen LogP) is 3.49. The second-order valence-corrected chi connectivity index (χ2v) is 6.10. The maximum atomic E-state index is 6.02. The van der Waals surface area contributed by atoms with Crippen LogP contribution in [0.4, 0.5) is 0 Å². The highest BCUT2D eigenvalue weighted by molar-refractivity contribution is 5.46. The summed E-state index contributed by atoms with van der Waals surface area (Å²) in [5.41, 5.74) is 7.29. The van der Waals surface area contributed by atoms with Crippen LogP contribution in [-0.2, 0) is 5.41 Å². The molecule has 0 radical (unpaired) electrons. The van der Waals surface area contributed by atoms with Crippen LogP contribution in [0.25, 0.3) is 0 Å². The smallest absolute Gasteiger partial charge is 0.231 e. The molecule has 0 fully saturated rings. The quantitative estimate of drug-likeness (QED) is 0.795. The highest BCUT2D eigenvalue weighted by atomic mass is 16.7. The standard InChI is InChI=1S/C19H23NO3/c1-19(13-20,15-6-3-2-4-7-15)10-5-11-21-16-8-9-17-18(12-16)23-14-22-17/h2-4,6-9,12H,5,10-11,13-14,20H2,1H3. The van der Waals surface area contributed by atoms with Crippen molar-refractivity contribution in [3.63, 3.8) is 0 Å². The Labute approximate surface area is 137 Å². The van der Waals surface area contributed by atoms with E-state index in [2.05, 4.69) is 31.2 Å². The average Bonchev–Trinajstić information content (AvgIpc) is 3.07. The lowest BCUT2D eigenvalue weighted by Crippen LogP contribution is -2.32. The van der Waals surface area contributed by atoms with E-state index >= 15 is 0 Å². The van der Waals surface area contributed by atoms with E-state index in [0.717, 1.165) is 30.1 Å². The second kappa shape index (κ2) is 6.92. The van der Waals surface area contributed by atoms with Crippen molar-refractivity contribution in [1.29, 1.82) is 0 Å². The van der Waals surface area contributed by atoms with E-state index in [1.807, 2.05) is 24.3 Å². The van der Waals surface area contributed by atoms with Crippen molar-refractivity contribution >= 4 is 0 Å². The average molecular weight is 313 g/mol. The van der Waals surface area contributed by atoms with E-state index in [-0.39, 0.29) is 12.2 Å². The van der Waals surface area contributed by atoms with E-state index in [4.69, 9.17) is 19.9 Å². The van der Waals surface area contributed by atoms with Gasteiger partial charge >= 0.3 is 0 Å². The SMILES string of the molecule is CC(CN)(CCCOc1ccc2c(c1)OCO2)c1ccccc1. The van der Waals surface area contributed by atoms with Gasteiger partial charge in [-0.05, 0) is 30.5 Å². The molecule has 0 amide bonds. The zero-order chi connectivity index (χ0) is 16.1. The fraction of sp³-hybridized carbons (Fsp3) is 0.368. The van der Waals surface area contributed by atoms with Crippen LogP contribution in [-0.4, -0.2) is 19.9 Å². The van der Waals surface area contributed by atoms with Crippen LogP contribution in [0, 0.1) is 0 Å². The van der Waals surface area contributed by atoms with Crippen molar-refractivity contribution in [1.82, 2.24) is 0 Å². The molecule has 4 nitrogen and oxygen atoms in total. The molecule has 1 aliphatic rings. The van der Waals surface area contributed by atoms with Gasteiger partial charge in [0.25, 0.3) is 0 Å². The third-order valence-corrected chi connectivity index (χ3v) is 4.41. The number of hydrogen-bond acceptors (Lipinski definition) is 4. The molecule has 1 unspecified atom stereocenters. The minimum atomic E-state index is -0.0144. The van der Waals surface area contributed by atoms with Crippen molar-refractivity contribution in [2.24, 2.45) is 5.73 Å². The van der Waals surface area contributed by atoms with Crippen LogP contribution < -0.4 is 19.9 Å². The molecule has 122 valence electrons. The first-order chi connectivity index (χ1) is 11.2. The Morgan fingerprint density at radius 2 is 1.87 bits per heavy atom. The Morgan fingerprint density at radius 3 is 2.65 bits per heavy atom. The van der Waals surface area contributed by atoms with Crippen LogP contribution in [0.5, 0.6) is 17.2 Å². The molecule has 1 aliphatic heterocycles. The summed E-state index contributed by atoms with van der Waals surface area (Å²) in [7, 11) is 0. The van der Waals surface area contributed by atoms with Crippen LogP contribution in [0.1, 0.15) is 25.3 Å². The Hall–Kier alpha value is -2.20. The summed E-state index contributed by atoms with van der Waals surface area (Å²) in [4.78, 5) is 0. The molecule has 1 heterocycles. The molecule has 4 heteroatoms. The predicted molar refractivity (Wildman–Crippen MR) is 90.1 cm³/mol. The van der Waals surface area contributed by atoms with Crippen LogP contribution in [0.2, 0.25) is 0 Å². The van der Waals surface area contributed by atoms with E-state index in [9.17, 15) is 0 Å². The largest absolute Gasteiger partial charge is 0.493 e. The first kappa shape index (κ1) is 15.7. The van der Waals surface area contributed by atoms with E-state index in [1.54, 1.807) is 0 Å². The van der Waals surface area contributed by atoms with Gasteiger partial charge in [-0.3, -0.25) is 0 Å². The number of hydrogen-bond donors (Lipinski definition) is 1. The van der Waals surface area contributed by atoms with Crippen molar-refractivity contribution < 1.29 is 14.2 Å². The molecule has 0 aromatic heterocycles. The molecule has 23 heavy (non-hydrogen) atoms. The van der Waals surface area contributed by atoms with Gasteiger partial charge in [0.05, 0.1) is 6.61 Å². The summed E-state index contributed by atoms with van der Waals surface area (Å²) in [5, 5.41) is 0. The molecule has 0 aliphatic carbocycles. The number of ether oxygens (including phenoxy) is 3. The second-order valence-electron chi connectivity index (χ2n) is 6.10. The van der Waals surface area contributed by atoms with Crippen molar-refractivity contribution in [2.45, 2.75) is 25.2 Å². The first-order valence-corrected chi connectivity index (χ1v) is 7.99. The van der Waals surface area contributed by atoms with Gasteiger partial charge in [-0.15, -0.1) is 0 Å². The lowest BCUT2D eigenvalue weighted by molar-refractivity contribution is 0.173. The third kappa shape index (κ3) is 3.59. The molecular formula is C19H23NO3. The minimum Gasteiger partial charge on any atom is -0.493 e. The number of nitrogens with two attached hydrogens (primary N) is 1. The summed E-state index contributed by atoms with van der Waals surface area (Å²) >= 11 is 0. The Balaban J connectivity index is 1.52. The van der Waals surface area contributed by atoms with E-state index in [0.29, 0.717) is 13.2 Å². The summed E-state index contributed by atoms with van der Waals surface area (Å²) in [5.74, 6) is 2.33. The highest BCUT2D eigenvalue weighted by Crippen LogP contribution is 2.35. The topological polar surface area (TPSA) is 53.7 Å². The zero-order valence-electron chi connectivity index (χ0n) is 13.5. The van der Waals surface area contributed by atoms with Gasteiger partial charge in [-0.1, -0.05) is 37.3 Å². The van der Waals surface area contributed by atoms with E-state index in [1.165, 1.54) is 5.56 Å². The van der Waals surface area contributed by atoms with Gasteiger partial charge in [0.1, 0.15) is 5.75 Å². The summed E-state index contributed by atoms with van der Waals surface area (Å²) in [6, 6.07) is 16.1. The van der Waals surface area contributed by atoms with Crippen molar-refractivity contribution in [2.75, 3.05) is 19.9 Å². The Kier molecular flexibility index (Phi) is 4.72. The monoisotopic (exact) mass is 313 g/mol. The first-order valence-electron chi connectivity index (χ1n) is 7.99. The molecule has 1 atom stereocenters. The Bertz CT molecular complexity index is 644. The van der Waals surface area contributed by atoms with Crippen molar-refractivity contribution in [3.05, 3.63) is 54.1 Å². The summed E-state index contributed by atoms with van der Waals surface area (Å²) in [6.07, 6.45) is 1.93. The van der Waals surface area contributed by atoms with Crippen molar-refractivity contribution in [3.8, 4) is 17.2 Å². The maximum absolute atomic E-state index is 6.02. The summed E-state index contributed by atoms with van der Waals surface area (Å²) < 4.78 is 16.5. The molecule has 0 saturated heterocycles. The van der Waals surface area contributed by atoms with Crippen LogP contribution >= 0.6 is 0 Å². The maximum Gasteiger partial charge on any atom is 0.231 e. The molecule has 0 saturated carbocycles. The van der Waals surface area contributed by atoms with Gasteiger partial charge < -0.3 is 19.9 Å². The molecule has 3 rings (SSSR count). The fourth-order valence-electron chi connectivity index (χ4n) is 2.82. The number of rotatable bonds is 7. The number of benzene rings is 2.